The van der Waals surface area contributed by atoms with Crippen molar-refractivity contribution in [3.05, 3.63) is 29.8 Å². The van der Waals surface area contributed by atoms with E-state index in [2.05, 4.69) is 20.8 Å². The normalized spacial score (nSPS) is 12.5. The molecule has 0 saturated carbocycles. The first kappa shape index (κ1) is 21.2. The highest BCUT2D eigenvalue weighted by molar-refractivity contribution is 7.86. The molecule has 0 unspecified atom stereocenters. The molecule has 24 heavy (non-hydrogen) atoms. The SMILES string of the molecule is CCCCC(CCCC)(CCCC)OS(=O)(=O)c1ccc(C)cc1. The predicted octanol–water partition coefficient (Wildman–Crippen LogP) is 6.01. The van der Waals surface area contributed by atoms with Crippen LogP contribution in [0.4, 0.5) is 0 Å². The summed E-state index contributed by atoms with van der Waals surface area (Å²) >= 11 is 0. The highest BCUT2D eigenvalue weighted by Gasteiger charge is 2.35. The highest BCUT2D eigenvalue weighted by atomic mass is 32.2. The Labute approximate surface area is 148 Å². The van der Waals surface area contributed by atoms with Crippen molar-refractivity contribution in [2.24, 2.45) is 0 Å². The quantitative estimate of drug-likeness (QED) is 0.432. The van der Waals surface area contributed by atoms with E-state index in [0.29, 0.717) is 0 Å². The van der Waals surface area contributed by atoms with Gasteiger partial charge in [-0.25, -0.2) is 0 Å². The van der Waals surface area contributed by atoms with Gasteiger partial charge in [0.25, 0.3) is 10.1 Å². The first-order valence-corrected chi connectivity index (χ1v) is 10.8. The van der Waals surface area contributed by atoms with Gasteiger partial charge in [0, 0.05) is 0 Å². The number of benzene rings is 1. The van der Waals surface area contributed by atoms with Crippen molar-refractivity contribution in [2.45, 2.75) is 96.0 Å². The van der Waals surface area contributed by atoms with Gasteiger partial charge >= 0.3 is 0 Å². The molecule has 0 aliphatic rings. The van der Waals surface area contributed by atoms with Gasteiger partial charge in [0.1, 0.15) is 0 Å². The van der Waals surface area contributed by atoms with Crippen LogP contribution in [0.1, 0.15) is 84.1 Å². The Bertz CT molecular complexity index is 539. The Balaban J connectivity index is 3.08. The molecule has 1 aromatic rings. The summed E-state index contributed by atoms with van der Waals surface area (Å²) in [7, 11) is -3.73. The van der Waals surface area contributed by atoms with Crippen molar-refractivity contribution >= 4 is 10.1 Å². The van der Waals surface area contributed by atoms with E-state index in [1.54, 1.807) is 12.1 Å². The Hall–Kier alpha value is -0.870. The van der Waals surface area contributed by atoms with Crippen LogP contribution in [-0.4, -0.2) is 14.0 Å². The molecule has 0 aromatic heterocycles. The number of hydrogen-bond donors (Lipinski definition) is 0. The van der Waals surface area contributed by atoms with Gasteiger partial charge in [-0.2, -0.15) is 8.42 Å². The molecule has 0 fully saturated rings. The minimum Gasteiger partial charge on any atom is -0.260 e. The zero-order valence-electron chi connectivity index (χ0n) is 15.8. The lowest BCUT2D eigenvalue weighted by molar-refractivity contribution is 0.0416. The molecule has 0 saturated heterocycles. The van der Waals surface area contributed by atoms with E-state index in [0.717, 1.165) is 63.4 Å². The van der Waals surface area contributed by atoms with Crippen LogP contribution in [0.2, 0.25) is 0 Å². The van der Waals surface area contributed by atoms with Gasteiger partial charge in [-0.05, 0) is 38.3 Å². The monoisotopic (exact) mass is 354 g/mol. The lowest BCUT2D eigenvalue weighted by Crippen LogP contribution is -2.35. The molecule has 3 nitrogen and oxygen atoms in total. The van der Waals surface area contributed by atoms with E-state index in [4.69, 9.17) is 4.18 Å². The Kier molecular flexibility index (Phi) is 8.99. The number of unbranched alkanes of at least 4 members (excludes halogenated alkanes) is 3. The van der Waals surface area contributed by atoms with Crippen molar-refractivity contribution in [3.8, 4) is 0 Å². The third kappa shape index (κ3) is 6.56. The first-order valence-electron chi connectivity index (χ1n) is 9.41. The van der Waals surface area contributed by atoms with E-state index < -0.39 is 15.7 Å². The van der Waals surface area contributed by atoms with E-state index in [1.807, 2.05) is 19.1 Å². The van der Waals surface area contributed by atoms with Gasteiger partial charge < -0.3 is 0 Å². The van der Waals surface area contributed by atoms with Gasteiger partial charge in [0.15, 0.2) is 0 Å². The molecule has 0 aliphatic heterocycles. The minimum absolute atomic E-state index is 0.266. The first-order chi connectivity index (χ1) is 11.4. The maximum atomic E-state index is 12.8. The van der Waals surface area contributed by atoms with Crippen LogP contribution in [0.5, 0.6) is 0 Å². The summed E-state index contributed by atoms with van der Waals surface area (Å²) < 4.78 is 31.6. The van der Waals surface area contributed by atoms with Gasteiger partial charge in [0.05, 0.1) is 10.5 Å². The maximum absolute atomic E-state index is 12.8. The van der Waals surface area contributed by atoms with Gasteiger partial charge in [-0.15, -0.1) is 0 Å². The molecule has 0 N–H and O–H groups in total. The predicted molar refractivity (Wildman–Crippen MR) is 101 cm³/mol. The Morgan fingerprint density at radius 2 is 1.25 bits per heavy atom. The fourth-order valence-corrected chi connectivity index (χ4v) is 4.26. The minimum atomic E-state index is -3.73. The van der Waals surface area contributed by atoms with Crippen molar-refractivity contribution in [1.29, 1.82) is 0 Å². The van der Waals surface area contributed by atoms with Crippen LogP contribution >= 0.6 is 0 Å². The van der Waals surface area contributed by atoms with Crippen LogP contribution < -0.4 is 0 Å². The fourth-order valence-electron chi connectivity index (χ4n) is 2.98. The molecule has 0 amide bonds. The van der Waals surface area contributed by atoms with Crippen LogP contribution in [-0.2, 0) is 14.3 Å². The lowest BCUT2D eigenvalue weighted by Gasteiger charge is -2.33. The van der Waals surface area contributed by atoms with Gasteiger partial charge in [0.2, 0.25) is 0 Å². The summed E-state index contributed by atoms with van der Waals surface area (Å²) in [6.45, 7) is 8.36. The Morgan fingerprint density at radius 1 is 0.833 bits per heavy atom. The maximum Gasteiger partial charge on any atom is 0.297 e. The molecule has 0 spiro atoms. The zero-order chi connectivity index (χ0) is 18.1. The zero-order valence-corrected chi connectivity index (χ0v) is 16.6. The van der Waals surface area contributed by atoms with Crippen molar-refractivity contribution in [3.63, 3.8) is 0 Å². The second-order valence-corrected chi connectivity index (χ2v) is 8.39. The van der Waals surface area contributed by atoms with E-state index in [-0.39, 0.29) is 4.90 Å². The largest absolute Gasteiger partial charge is 0.297 e. The topological polar surface area (TPSA) is 43.4 Å². The number of rotatable bonds is 12. The highest BCUT2D eigenvalue weighted by Crippen LogP contribution is 2.35. The average Bonchev–Trinajstić information content (AvgIpc) is 2.56. The standard InChI is InChI=1S/C20H34O3S/c1-5-8-15-20(16-9-6-2,17-10-7-3)23-24(21,22)19-13-11-18(4)12-14-19/h11-14H,5-10,15-17H2,1-4H3. The smallest absolute Gasteiger partial charge is 0.260 e. The Morgan fingerprint density at radius 3 is 1.62 bits per heavy atom. The molecular formula is C20H34O3S. The summed E-state index contributed by atoms with van der Waals surface area (Å²) in [6, 6.07) is 6.94. The van der Waals surface area contributed by atoms with Crippen molar-refractivity contribution in [1.82, 2.24) is 0 Å². The molecule has 138 valence electrons. The summed E-state index contributed by atoms with van der Waals surface area (Å²) in [5.74, 6) is 0. The van der Waals surface area contributed by atoms with Crippen LogP contribution in [0.25, 0.3) is 0 Å². The van der Waals surface area contributed by atoms with Crippen LogP contribution in [0, 0.1) is 6.92 Å². The molecule has 0 atom stereocenters. The summed E-state index contributed by atoms with van der Waals surface area (Å²) in [5.41, 5.74) is 0.495. The van der Waals surface area contributed by atoms with Crippen molar-refractivity contribution in [2.75, 3.05) is 0 Å². The second kappa shape index (κ2) is 10.2. The third-order valence-electron chi connectivity index (χ3n) is 4.55. The molecule has 1 rings (SSSR count). The van der Waals surface area contributed by atoms with E-state index in [9.17, 15) is 8.42 Å². The van der Waals surface area contributed by atoms with Crippen LogP contribution in [0.3, 0.4) is 0 Å². The summed E-state index contributed by atoms with van der Waals surface area (Å²) in [4.78, 5) is 0.266. The summed E-state index contributed by atoms with van der Waals surface area (Å²) in [6.07, 6.45) is 8.58. The second-order valence-electron chi connectivity index (χ2n) is 6.84. The van der Waals surface area contributed by atoms with E-state index >= 15 is 0 Å². The number of hydrogen-bond acceptors (Lipinski definition) is 3. The molecule has 0 heterocycles. The molecule has 1 aromatic carbocycles. The lowest BCUT2D eigenvalue weighted by atomic mass is 9.86. The van der Waals surface area contributed by atoms with Crippen molar-refractivity contribution < 1.29 is 12.6 Å². The van der Waals surface area contributed by atoms with Crippen LogP contribution in [0.15, 0.2) is 29.2 Å². The van der Waals surface area contributed by atoms with Gasteiger partial charge in [-0.1, -0.05) is 77.0 Å². The molecule has 0 radical (unpaired) electrons. The molecule has 4 heteroatoms. The van der Waals surface area contributed by atoms with E-state index in [1.165, 1.54) is 0 Å². The molecule has 0 aliphatic carbocycles. The average molecular weight is 355 g/mol. The van der Waals surface area contributed by atoms with Gasteiger partial charge in [-0.3, -0.25) is 4.18 Å². The molecular weight excluding hydrogens is 320 g/mol. The summed E-state index contributed by atoms with van der Waals surface area (Å²) in [5, 5.41) is 0. The molecule has 0 bridgehead atoms. The number of aryl methyl sites for hydroxylation is 1. The third-order valence-corrected chi connectivity index (χ3v) is 5.98. The fraction of sp³-hybridized carbons (Fsp3) is 0.700.